The Bertz CT molecular complexity index is 591. The van der Waals surface area contributed by atoms with Crippen LogP contribution in [0.4, 0.5) is 0 Å². The Hall–Kier alpha value is -1.51. The second-order valence-corrected chi connectivity index (χ2v) is 8.42. The summed E-state index contributed by atoms with van der Waals surface area (Å²) in [6.45, 7) is 15.0. The zero-order chi connectivity index (χ0) is 16.9. The Labute approximate surface area is 133 Å². The molecule has 3 nitrogen and oxygen atoms in total. The molecule has 22 heavy (non-hydrogen) atoms. The minimum Gasteiger partial charge on any atom is -0.487 e. The number of aromatic carboxylic acids is 1. The van der Waals surface area contributed by atoms with Crippen molar-refractivity contribution < 1.29 is 14.6 Å². The van der Waals surface area contributed by atoms with Crippen LogP contribution in [-0.4, -0.2) is 16.7 Å². The summed E-state index contributed by atoms with van der Waals surface area (Å²) in [4.78, 5) is 11.5. The zero-order valence-corrected chi connectivity index (χ0v) is 14.8. The second kappa shape index (κ2) is 5.00. The van der Waals surface area contributed by atoms with Gasteiger partial charge in [-0.2, -0.15) is 0 Å². The third kappa shape index (κ3) is 2.86. The van der Waals surface area contributed by atoms with Gasteiger partial charge in [-0.15, -0.1) is 0 Å². The first kappa shape index (κ1) is 16.9. The fourth-order valence-electron chi connectivity index (χ4n) is 3.43. The highest BCUT2D eigenvalue weighted by Gasteiger charge is 2.43. The molecular weight excluding hydrogens is 276 g/mol. The number of carbonyl (C=O) groups is 1. The monoisotopic (exact) mass is 304 g/mol. The molecule has 1 aliphatic rings. The van der Waals surface area contributed by atoms with Crippen molar-refractivity contribution >= 4 is 5.97 Å². The van der Waals surface area contributed by atoms with Gasteiger partial charge in [0.05, 0.1) is 5.56 Å². The summed E-state index contributed by atoms with van der Waals surface area (Å²) in [5.74, 6) is 0.00558. The minimum absolute atomic E-state index is 0.107. The molecular formula is C19H28O3. The van der Waals surface area contributed by atoms with Gasteiger partial charge in [-0.3, -0.25) is 0 Å². The largest absolute Gasteiger partial charge is 0.487 e. The molecule has 0 amide bonds. The highest BCUT2D eigenvalue weighted by atomic mass is 16.5. The normalized spacial score (nSPS) is 23.6. The van der Waals surface area contributed by atoms with Gasteiger partial charge in [0.2, 0.25) is 0 Å². The number of hydrogen-bond donors (Lipinski definition) is 1. The molecule has 0 saturated carbocycles. The lowest BCUT2D eigenvalue weighted by Gasteiger charge is -2.46. The maximum Gasteiger partial charge on any atom is 0.335 e. The molecule has 0 aliphatic carbocycles. The topological polar surface area (TPSA) is 46.5 Å². The number of ether oxygens (including phenoxy) is 1. The Morgan fingerprint density at radius 1 is 1.27 bits per heavy atom. The van der Waals surface area contributed by atoms with Gasteiger partial charge in [0.15, 0.2) is 0 Å². The van der Waals surface area contributed by atoms with E-state index in [1.54, 1.807) is 12.1 Å². The van der Waals surface area contributed by atoms with Crippen LogP contribution >= 0.6 is 0 Å². The van der Waals surface area contributed by atoms with Crippen LogP contribution in [0.3, 0.4) is 0 Å². The number of fused-ring (bicyclic) bond motifs is 1. The summed E-state index contributed by atoms with van der Waals surface area (Å²) < 4.78 is 6.40. The van der Waals surface area contributed by atoms with Crippen molar-refractivity contribution in [1.82, 2.24) is 0 Å². The number of carboxylic acid groups (broad SMARTS) is 1. The van der Waals surface area contributed by atoms with Gasteiger partial charge >= 0.3 is 5.97 Å². The quantitative estimate of drug-likeness (QED) is 0.844. The fourth-order valence-corrected chi connectivity index (χ4v) is 3.43. The molecule has 0 radical (unpaired) electrons. The smallest absolute Gasteiger partial charge is 0.335 e. The van der Waals surface area contributed by atoms with Gasteiger partial charge in [-0.05, 0) is 42.7 Å². The highest BCUT2D eigenvalue weighted by Crippen LogP contribution is 2.50. The average Bonchev–Trinajstić information content (AvgIpc) is 2.35. The third-order valence-corrected chi connectivity index (χ3v) is 4.79. The molecule has 122 valence electrons. The van der Waals surface area contributed by atoms with Crippen molar-refractivity contribution in [3.63, 3.8) is 0 Å². The first-order valence-corrected chi connectivity index (χ1v) is 8.01. The van der Waals surface area contributed by atoms with Crippen molar-refractivity contribution in [1.29, 1.82) is 0 Å². The maximum absolute atomic E-state index is 11.5. The first-order chi connectivity index (χ1) is 9.89. The molecule has 2 rings (SSSR count). The standard InChI is InChI=1S/C19H28O3/c1-8-19(7)11-18(5,6)14-10-12(16(20)21)9-13(15(14)22-19)17(2,3)4/h9-10H,8,11H2,1-7H3,(H,20,21). The van der Waals surface area contributed by atoms with E-state index in [-0.39, 0.29) is 16.4 Å². The van der Waals surface area contributed by atoms with Crippen molar-refractivity contribution in [2.24, 2.45) is 0 Å². The molecule has 1 unspecified atom stereocenters. The van der Waals surface area contributed by atoms with Crippen LogP contribution in [0, 0.1) is 0 Å². The molecule has 0 spiro atoms. The lowest BCUT2D eigenvalue weighted by Crippen LogP contribution is -2.44. The molecule has 1 aromatic rings. The third-order valence-electron chi connectivity index (χ3n) is 4.79. The van der Waals surface area contributed by atoms with Crippen LogP contribution in [0.2, 0.25) is 0 Å². The molecule has 1 aliphatic heterocycles. The summed E-state index contributed by atoms with van der Waals surface area (Å²) in [5.41, 5.74) is 1.86. The van der Waals surface area contributed by atoms with Crippen molar-refractivity contribution in [3.05, 3.63) is 28.8 Å². The lowest BCUT2D eigenvalue weighted by molar-refractivity contribution is 0.0303. The lowest BCUT2D eigenvalue weighted by atomic mass is 9.70. The Kier molecular flexibility index (Phi) is 3.83. The average molecular weight is 304 g/mol. The van der Waals surface area contributed by atoms with Gasteiger partial charge in [-0.25, -0.2) is 4.79 Å². The van der Waals surface area contributed by atoms with Gasteiger partial charge in [-0.1, -0.05) is 41.5 Å². The van der Waals surface area contributed by atoms with Crippen LogP contribution in [-0.2, 0) is 10.8 Å². The van der Waals surface area contributed by atoms with Gasteiger partial charge in [0.1, 0.15) is 11.4 Å². The number of carboxylic acids is 1. The Balaban J connectivity index is 2.78. The van der Waals surface area contributed by atoms with E-state index in [0.29, 0.717) is 5.56 Å². The van der Waals surface area contributed by atoms with Gasteiger partial charge in [0, 0.05) is 11.1 Å². The van der Waals surface area contributed by atoms with Crippen molar-refractivity contribution in [2.45, 2.75) is 77.7 Å². The molecule has 0 bridgehead atoms. The molecule has 0 aromatic heterocycles. The van der Waals surface area contributed by atoms with Crippen molar-refractivity contribution in [2.75, 3.05) is 0 Å². The minimum atomic E-state index is -0.882. The summed E-state index contributed by atoms with van der Waals surface area (Å²) >= 11 is 0. The SMILES string of the molecule is CCC1(C)CC(C)(C)c2cc(C(=O)O)cc(C(C)(C)C)c2O1. The van der Waals surface area contributed by atoms with Crippen LogP contribution in [0.1, 0.15) is 82.8 Å². The second-order valence-electron chi connectivity index (χ2n) is 8.42. The predicted molar refractivity (Wildman–Crippen MR) is 89.1 cm³/mol. The van der Waals surface area contributed by atoms with E-state index in [1.165, 1.54) is 0 Å². The molecule has 1 N–H and O–H groups in total. The van der Waals surface area contributed by atoms with Crippen molar-refractivity contribution in [3.8, 4) is 5.75 Å². The number of rotatable bonds is 2. The van der Waals surface area contributed by atoms with Gasteiger partial charge in [0.25, 0.3) is 0 Å². The molecule has 0 fully saturated rings. The number of hydrogen-bond acceptors (Lipinski definition) is 2. The Morgan fingerprint density at radius 3 is 2.32 bits per heavy atom. The Morgan fingerprint density at radius 2 is 1.86 bits per heavy atom. The van der Waals surface area contributed by atoms with Crippen LogP contribution in [0.15, 0.2) is 12.1 Å². The highest BCUT2D eigenvalue weighted by molar-refractivity contribution is 5.89. The molecule has 1 aromatic carbocycles. The molecule has 3 heteroatoms. The van der Waals surface area contributed by atoms with E-state index >= 15 is 0 Å². The van der Waals surface area contributed by atoms with E-state index in [2.05, 4.69) is 48.5 Å². The summed E-state index contributed by atoms with van der Waals surface area (Å²) in [6.07, 6.45) is 1.82. The number of benzene rings is 1. The fraction of sp³-hybridized carbons (Fsp3) is 0.632. The van der Waals surface area contributed by atoms with Crippen LogP contribution < -0.4 is 4.74 Å². The summed E-state index contributed by atoms with van der Waals surface area (Å²) in [7, 11) is 0. The van der Waals surface area contributed by atoms with E-state index in [0.717, 1.165) is 29.7 Å². The van der Waals surface area contributed by atoms with E-state index in [9.17, 15) is 9.90 Å². The first-order valence-electron chi connectivity index (χ1n) is 8.01. The predicted octanol–water partition coefficient (Wildman–Crippen LogP) is 4.91. The molecule has 0 saturated heterocycles. The summed E-state index contributed by atoms with van der Waals surface area (Å²) in [5, 5.41) is 9.45. The zero-order valence-electron chi connectivity index (χ0n) is 14.8. The summed E-state index contributed by atoms with van der Waals surface area (Å²) in [6, 6.07) is 3.57. The van der Waals surface area contributed by atoms with Crippen LogP contribution in [0.5, 0.6) is 5.75 Å². The van der Waals surface area contributed by atoms with E-state index in [1.807, 2.05) is 0 Å². The molecule has 1 heterocycles. The molecule has 1 atom stereocenters. The van der Waals surface area contributed by atoms with Crippen LogP contribution in [0.25, 0.3) is 0 Å². The van der Waals surface area contributed by atoms with E-state index in [4.69, 9.17) is 4.74 Å². The van der Waals surface area contributed by atoms with E-state index < -0.39 is 5.97 Å². The maximum atomic E-state index is 11.5. The van der Waals surface area contributed by atoms with Gasteiger partial charge < -0.3 is 9.84 Å².